The van der Waals surface area contributed by atoms with E-state index >= 15 is 0 Å². The van der Waals surface area contributed by atoms with Gasteiger partial charge in [0, 0.05) is 49.7 Å². The van der Waals surface area contributed by atoms with E-state index in [2.05, 4.69) is 154 Å². The number of pyridine rings is 2. The lowest BCUT2D eigenvalue weighted by atomic mass is 9.67. The highest BCUT2D eigenvalue weighted by Gasteiger charge is 2.52. The number of fused-ring (bicyclic) bond motifs is 15. The van der Waals surface area contributed by atoms with E-state index in [-0.39, 0.29) is 0 Å². The van der Waals surface area contributed by atoms with Crippen molar-refractivity contribution in [2.24, 2.45) is 0 Å². The predicted molar refractivity (Wildman–Crippen MR) is 218 cm³/mol. The molecule has 12 rings (SSSR count). The summed E-state index contributed by atoms with van der Waals surface area (Å²) in [5, 5.41) is 4.69. The molecule has 1 spiro atoms. The van der Waals surface area contributed by atoms with E-state index in [1.165, 1.54) is 42.7 Å². The molecule has 5 heterocycles. The van der Waals surface area contributed by atoms with Crippen molar-refractivity contribution in [3.05, 3.63) is 198 Å². The van der Waals surface area contributed by atoms with E-state index in [1.807, 2.05) is 36.3 Å². The molecule has 0 bridgehead atoms. The molecule has 0 saturated carbocycles. The van der Waals surface area contributed by atoms with E-state index in [0.717, 1.165) is 55.7 Å². The lowest BCUT2D eigenvalue weighted by Gasteiger charge is -2.39. The number of rotatable bonds is 2. The van der Waals surface area contributed by atoms with Crippen molar-refractivity contribution in [1.29, 1.82) is 0 Å². The van der Waals surface area contributed by atoms with Crippen LogP contribution in [-0.4, -0.2) is 19.1 Å². The highest BCUT2D eigenvalue weighted by atomic mass is 32.2. The molecule has 1 aliphatic carbocycles. The van der Waals surface area contributed by atoms with Crippen molar-refractivity contribution >= 4 is 61.1 Å². The van der Waals surface area contributed by atoms with Crippen molar-refractivity contribution in [3.63, 3.8) is 0 Å². The number of hydrogen-bond acceptors (Lipinski definition) is 3. The van der Waals surface area contributed by atoms with E-state index < -0.39 is 5.41 Å². The first kappa shape index (κ1) is 29.6. The van der Waals surface area contributed by atoms with Gasteiger partial charge in [-0.15, -0.1) is 0 Å². The zero-order chi connectivity index (χ0) is 35.5. The smallest absolute Gasteiger partial charge is 0.188 e. The van der Waals surface area contributed by atoms with Gasteiger partial charge >= 0.3 is 0 Å². The first-order chi connectivity index (χ1) is 26.7. The van der Waals surface area contributed by atoms with Gasteiger partial charge in [-0.05, 0) is 107 Å². The molecule has 250 valence electrons. The standard InChI is InChI=1S/C48H27N5S/c1-49-29-18-21-43-35(26-29)34-12-4-7-17-42(34)53(43)31-20-23-45-39(28-31)48(36-13-8-24-50-46(36)47-37(48)14-9-25-51-47)38-27-30(19-22-44(38)54-45)52-40-15-5-2-10-32(40)33-11-3-6-16-41(33)52/h2-28H. The molecule has 10 aromatic rings. The average molecular weight is 706 g/mol. The SMILES string of the molecule is [C-]#[N+]c1ccc2c(c1)c1ccccc1n2-c1ccc2c(c1)C1(c3cc(-n4c5ccccc5c5ccccc54)ccc3S2)c2cccnc2-c2ncccc21. The third-order valence-electron chi connectivity index (χ3n) is 11.5. The summed E-state index contributed by atoms with van der Waals surface area (Å²) in [6.45, 7) is 7.72. The van der Waals surface area contributed by atoms with Gasteiger partial charge in [-0.3, -0.25) is 9.97 Å². The van der Waals surface area contributed by atoms with Gasteiger partial charge in [0.1, 0.15) is 0 Å². The number of nitrogens with zero attached hydrogens (tertiary/aromatic N) is 5. The lowest BCUT2D eigenvalue weighted by molar-refractivity contribution is 0.717. The highest BCUT2D eigenvalue weighted by molar-refractivity contribution is 7.99. The van der Waals surface area contributed by atoms with Crippen molar-refractivity contribution in [3.8, 4) is 22.8 Å². The molecule has 4 aromatic heterocycles. The maximum atomic E-state index is 7.72. The minimum absolute atomic E-state index is 0.640. The summed E-state index contributed by atoms with van der Waals surface area (Å²) >= 11 is 1.83. The van der Waals surface area contributed by atoms with Crippen molar-refractivity contribution < 1.29 is 0 Å². The van der Waals surface area contributed by atoms with E-state index in [1.54, 1.807) is 0 Å². The maximum absolute atomic E-state index is 7.72. The Bertz CT molecular complexity index is 3190. The Morgan fingerprint density at radius 3 is 1.46 bits per heavy atom. The average Bonchev–Trinajstić information content (AvgIpc) is 3.85. The van der Waals surface area contributed by atoms with Gasteiger partial charge in [-0.2, -0.15) is 0 Å². The minimum atomic E-state index is -0.677. The molecule has 6 heteroatoms. The van der Waals surface area contributed by atoms with Crippen molar-refractivity contribution in [1.82, 2.24) is 19.1 Å². The molecule has 0 amide bonds. The molecule has 5 nitrogen and oxygen atoms in total. The van der Waals surface area contributed by atoms with Gasteiger partial charge in [0.15, 0.2) is 5.69 Å². The van der Waals surface area contributed by atoms with E-state index in [4.69, 9.17) is 16.5 Å². The van der Waals surface area contributed by atoms with Crippen molar-refractivity contribution in [2.45, 2.75) is 15.2 Å². The normalized spacial score (nSPS) is 13.6. The van der Waals surface area contributed by atoms with Gasteiger partial charge < -0.3 is 9.13 Å². The zero-order valence-electron chi connectivity index (χ0n) is 28.7. The Labute approximate surface area is 314 Å². The largest absolute Gasteiger partial charge is 0.309 e. The molecular formula is C48H27N5S. The van der Waals surface area contributed by atoms with E-state index in [0.29, 0.717) is 5.69 Å². The molecule has 54 heavy (non-hydrogen) atoms. The van der Waals surface area contributed by atoms with E-state index in [9.17, 15) is 0 Å². The van der Waals surface area contributed by atoms with Crippen molar-refractivity contribution in [2.75, 3.05) is 0 Å². The number of benzene rings is 6. The molecule has 0 unspecified atom stereocenters. The topological polar surface area (TPSA) is 40.0 Å². The second kappa shape index (κ2) is 10.8. The summed E-state index contributed by atoms with van der Waals surface area (Å²) in [7, 11) is 0. The van der Waals surface area contributed by atoms with Gasteiger partial charge in [-0.1, -0.05) is 84.6 Å². The number of hydrogen-bond donors (Lipinski definition) is 0. The van der Waals surface area contributed by atoms with Gasteiger partial charge in [0.25, 0.3) is 0 Å². The molecule has 0 atom stereocenters. The summed E-state index contributed by atoms with van der Waals surface area (Å²) in [5.41, 5.74) is 13.3. The third-order valence-corrected chi connectivity index (χ3v) is 12.6. The van der Waals surface area contributed by atoms with Gasteiger partial charge in [0.2, 0.25) is 0 Å². The van der Waals surface area contributed by atoms with Gasteiger partial charge in [-0.25, -0.2) is 4.85 Å². The maximum Gasteiger partial charge on any atom is 0.188 e. The zero-order valence-corrected chi connectivity index (χ0v) is 29.5. The van der Waals surface area contributed by atoms with Crippen LogP contribution in [0.25, 0.3) is 71.2 Å². The molecule has 0 saturated heterocycles. The Morgan fingerprint density at radius 1 is 0.463 bits per heavy atom. The first-order valence-electron chi connectivity index (χ1n) is 18.0. The molecule has 2 aliphatic rings. The Balaban J connectivity index is 1.19. The highest BCUT2D eigenvalue weighted by Crippen LogP contribution is 2.62. The van der Waals surface area contributed by atoms with Crippen LogP contribution in [0.4, 0.5) is 5.69 Å². The monoisotopic (exact) mass is 705 g/mol. The van der Waals surface area contributed by atoms with Crippen LogP contribution >= 0.6 is 11.8 Å². The minimum Gasteiger partial charge on any atom is -0.309 e. The molecule has 6 aromatic carbocycles. The fourth-order valence-corrected chi connectivity index (χ4v) is 10.5. The summed E-state index contributed by atoms with van der Waals surface area (Å²) in [4.78, 5) is 16.2. The second-order valence-electron chi connectivity index (χ2n) is 14.0. The van der Waals surface area contributed by atoms with Crippen LogP contribution in [0, 0.1) is 6.57 Å². The summed E-state index contributed by atoms with van der Waals surface area (Å²) < 4.78 is 4.76. The van der Waals surface area contributed by atoms with Crippen LogP contribution in [-0.2, 0) is 5.41 Å². The number of para-hydroxylation sites is 3. The van der Waals surface area contributed by atoms with Crippen LogP contribution in [0.1, 0.15) is 22.3 Å². The van der Waals surface area contributed by atoms with Crippen LogP contribution in [0.5, 0.6) is 0 Å². The van der Waals surface area contributed by atoms with Crippen LogP contribution in [0.2, 0.25) is 0 Å². The molecule has 0 fully saturated rings. The fourth-order valence-electron chi connectivity index (χ4n) is 9.37. The van der Waals surface area contributed by atoms with Crippen LogP contribution < -0.4 is 0 Å². The first-order valence-corrected chi connectivity index (χ1v) is 18.8. The Hall–Kier alpha value is -6.94. The predicted octanol–water partition coefficient (Wildman–Crippen LogP) is 12.0. The number of aromatic nitrogens is 4. The summed E-state index contributed by atoms with van der Waals surface area (Å²) in [5.74, 6) is 0. The molecule has 0 N–H and O–H groups in total. The fraction of sp³-hybridized carbons (Fsp3) is 0.0208. The Morgan fingerprint density at radius 2 is 0.944 bits per heavy atom. The quantitative estimate of drug-likeness (QED) is 0.168. The van der Waals surface area contributed by atoms with Crippen LogP contribution in [0.15, 0.2) is 174 Å². The summed E-state index contributed by atoms with van der Waals surface area (Å²) in [6, 6.07) is 54.5. The second-order valence-corrected chi connectivity index (χ2v) is 15.1. The van der Waals surface area contributed by atoms with Gasteiger partial charge in [0.05, 0.1) is 45.4 Å². The lowest BCUT2D eigenvalue weighted by Crippen LogP contribution is -2.32. The third kappa shape index (κ3) is 3.73. The Kier molecular flexibility index (Phi) is 5.92. The van der Waals surface area contributed by atoms with Crippen LogP contribution in [0.3, 0.4) is 0 Å². The molecular weight excluding hydrogens is 679 g/mol. The molecule has 0 radical (unpaired) electrons. The summed E-state index contributed by atoms with van der Waals surface area (Å²) in [6.07, 6.45) is 3.77. The molecule has 1 aliphatic heterocycles.